The number of benzene rings is 1. The van der Waals surface area contributed by atoms with E-state index in [2.05, 4.69) is 17.3 Å². The Morgan fingerprint density at radius 2 is 2.06 bits per heavy atom. The van der Waals surface area contributed by atoms with Gasteiger partial charge in [-0.2, -0.15) is 0 Å². The largest absolute Gasteiger partial charge is 0.487 e. The molecule has 1 heterocycles. The summed E-state index contributed by atoms with van der Waals surface area (Å²) in [6.07, 6.45) is 0.980. The van der Waals surface area contributed by atoms with Crippen molar-refractivity contribution in [3.05, 3.63) is 45.9 Å². The van der Waals surface area contributed by atoms with Crippen molar-refractivity contribution in [2.45, 2.75) is 32.9 Å². The van der Waals surface area contributed by atoms with E-state index in [4.69, 9.17) is 10.5 Å². The molecular formula is C14H18N2OS. The van der Waals surface area contributed by atoms with E-state index in [0.717, 1.165) is 28.4 Å². The molecule has 0 aliphatic carbocycles. The lowest BCUT2D eigenvalue weighted by molar-refractivity contribution is 0.302. The van der Waals surface area contributed by atoms with E-state index in [9.17, 15) is 0 Å². The Bertz CT molecular complexity index is 491. The second-order valence-corrected chi connectivity index (χ2v) is 5.18. The van der Waals surface area contributed by atoms with Crippen LogP contribution in [0.2, 0.25) is 0 Å². The standard InChI is InChI=1S/C14H18N2OS/c1-3-14-16-12(9-18-14)8-17-13-6-4-11(5-7-13)10(2)15/h4-7,9-10H,3,8,15H2,1-2H3. The molecule has 1 atom stereocenters. The second kappa shape index (κ2) is 5.98. The molecule has 96 valence electrons. The number of hydrogen-bond donors (Lipinski definition) is 1. The van der Waals surface area contributed by atoms with Gasteiger partial charge in [-0.25, -0.2) is 4.98 Å². The molecule has 0 radical (unpaired) electrons. The summed E-state index contributed by atoms with van der Waals surface area (Å²) in [5.41, 5.74) is 7.91. The van der Waals surface area contributed by atoms with E-state index in [-0.39, 0.29) is 6.04 Å². The summed E-state index contributed by atoms with van der Waals surface area (Å²) >= 11 is 1.68. The van der Waals surface area contributed by atoms with Crippen molar-refractivity contribution in [1.82, 2.24) is 4.98 Å². The van der Waals surface area contributed by atoms with Gasteiger partial charge in [0.25, 0.3) is 0 Å². The molecule has 0 fully saturated rings. The molecule has 0 saturated carbocycles. The summed E-state index contributed by atoms with van der Waals surface area (Å²) in [5.74, 6) is 0.852. The molecule has 1 aromatic carbocycles. The van der Waals surface area contributed by atoms with Crippen LogP contribution >= 0.6 is 11.3 Å². The van der Waals surface area contributed by atoms with Crippen molar-refractivity contribution >= 4 is 11.3 Å². The van der Waals surface area contributed by atoms with Crippen LogP contribution in [0.5, 0.6) is 5.75 Å². The first kappa shape index (κ1) is 13.1. The first-order valence-corrected chi connectivity index (χ1v) is 6.98. The molecule has 0 amide bonds. The van der Waals surface area contributed by atoms with Gasteiger partial charge in [0.15, 0.2) is 0 Å². The van der Waals surface area contributed by atoms with Crippen molar-refractivity contribution in [2.24, 2.45) is 5.73 Å². The monoisotopic (exact) mass is 262 g/mol. The van der Waals surface area contributed by atoms with E-state index < -0.39 is 0 Å². The normalized spacial score (nSPS) is 12.4. The van der Waals surface area contributed by atoms with Crippen molar-refractivity contribution < 1.29 is 4.74 Å². The summed E-state index contributed by atoms with van der Waals surface area (Å²) in [6, 6.07) is 7.96. The molecule has 0 saturated heterocycles. The SMILES string of the molecule is CCc1nc(COc2ccc(C(C)N)cc2)cs1. The lowest BCUT2D eigenvalue weighted by Gasteiger charge is -2.08. The lowest BCUT2D eigenvalue weighted by atomic mass is 10.1. The first-order chi connectivity index (χ1) is 8.69. The molecular weight excluding hydrogens is 244 g/mol. The van der Waals surface area contributed by atoms with Crippen LogP contribution in [0, 0.1) is 0 Å². The van der Waals surface area contributed by atoms with Crippen LogP contribution in [-0.4, -0.2) is 4.98 Å². The summed E-state index contributed by atoms with van der Waals surface area (Å²) in [5, 5.41) is 3.20. The van der Waals surface area contributed by atoms with Crippen LogP contribution in [0.15, 0.2) is 29.6 Å². The van der Waals surface area contributed by atoms with Crippen LogP contribution in [-0.2, 0) is 13.0 Å². The molecule has 2 aromatic rings. The average molecular weight is 262 g/mol. The Hall–Kier alpha value is -1.39. The number of rotatable bonds is 5. The van der Waals surface area contributed by atoms with Gasteiger partial charge in [0.1, 0.15) is 12.4 Å². The third kappa shape index (κ3) is 3.31. The van der Waals surface area contributed by atoms with Crippen LogP contribution < -0.4 is 10.5 Å². The highest BCUT2D eigenvalue weighted by Crippen LogP contribution is 2.18. The average Bonchev–Trinajstić information content (AvgIpc) is 2.85. The van der Waals surface area contributed by atoms with Crippen LogP contribution in [0.25, 0.3) is 0 Å². The quantitative estimate of drug-likeness (QED) is 0.899. The van der Waals surface area contributed by atoms with Gasteiger partial charge in [-0.05, 0) is 31.0 Å². The number of ether oxygens (including phenoxy) is 1. The zero-order chi connectivity index (χ0) is 13.0. The number of aryl methyl sites for hydroxylation is 1. The molecule has 2 rings (SSSR count). The smallest absolute Gasteiger partial charge is 0.131 e. The van der Waals surface area contributed by atoms with Gasteiger partial charge >= 0.3 is 0 Å². The lowest BCUT2D eigenvalue weighted by Crippen LogP contribution is -2.04. The Morgan fingerprint density at radius 3 is 2.61 bits per heavy atom. The van der Waals surface area contributed by atoms with Gasteiger partial charge in [0, 0.05) is 11.4 Å². The predicted octanol–water partition coefficient (Wildman–Crippen LogP) is 3.30. The molecule has 1 unspecified atom stereocenters. The van der Waals surface area contributed by atoms with Gasteiger partial charge in [0.05, 0.1) is 10.7 Å². The third-order valence-corrected chi connectivity index (χ3v) is 3.74. The van der Waals surface area contributed by atoms with Gasteiger partial charge in [-0.1, -0.05) is 19.1 Å². The van der Waals surface area contributed by atoms with Crippen molar-refractivity contribution in [3.8, 4) is 5.75 Å². The molecule has 0 aliphatic heterocycles. The maximum Gasteiger partial charge on any atom is 0.131 e. The molecule has 0 bridgehead atoms. The topological polar surface area (TPSA) is 48.1 Å². The Kier molecular flexibility index (Phi) is 4.33. The fourth-order valence-electron chi connectivity index (χ4n) is 1.60. The van der Waals surface area contributed by atoms with E-state index in [1.807, 2.05) is 31.2 Å². The molecule has 1 aromatic heterocycles. The van der Waals surface area contributed by atoms with Crippen LogP contribution in [0.4, 0.5) is 0 Å². The van der Waals surface area contributed by atoms with E-state index >= 15 is 0 Å². The Morgan fingerprint density at radius 1 is 1.33 bits per heavy atom. The highest BCUT2D eigenvalue weighted by Gasteiger charge is 2.02. The van der Waals surface area contributed by atoms with E-state index in [1.54, 1.807) is 11.3 Å². The Balaban J connectivity index is 1.93. The van der Waals surface area contributed by atoms with Crippen molar-refractivity contribution in [2.75, 3.05) is 0 Å². The Labute approximate surface area is 112 Å². The minimum Gasteiger partial charge on any atom is -0.487 e. The molecule has 3 nitrogen and oxygen atoms in total. The van der Waals surface area contributed by atoms with Crippen molar-refractivity contribution in [3.63, 3.8) is 0 Å². The molecule has 18 heavy (non-hydrogen) atoms. The molecule has 0 aliphatic rings. The minimum atomic E-state index is 0.0599. The number of thiazole rings is 1. The van der Waals surface area contributed by atoms with E-state index in [1.165, 1.54) is 0 Å². The van der Waals surface area contributed by atoms with E-state index in [0.29, 0.717) is 6.61 Å². The zero-order valence-corrected chi connectivity index (χ0v) is 11.5. The van der Waals surface area contributed by atoms with Crippen LogP contribution in [0.1, 0.15) is 36.2 Å². The number of aromatic nitrogens is 1. The maximum absolute atomic E-state index is 5.80. The third-order valence-electron chi connectivity index (χ3n) is 2.69. The number of hydrogen-bond acceptors (Lipinski definition) is 4. The van der Waals surface area contributed by atoms with Crippen molar-refractivity contribution in [1.29, 1.82) is 0 Å². The highest BCUT2D eigenvalue weighted by atomic mass is 32.1. The second-order valence-electron chi connectivity index (χ2n) is 4.23. The summed E-state index contributed by atoms with van der Waals surface area (Å²) in [6.45, 7) is 4.60. The summed E-state index contributed by atoms with van der Waals surface area (Å²) in [7, 11) is 0. The number of nitrogens with two attached hydrogens (primary N) is 1. The maximum atomic E-state index is 5.80. The highest BCUT2D eigenvalue weighted by molar-refractivity contribution is 7.09. The first-order valence-electron chi connectivity index (χ1n) is 6.10. The minimum absolute atomic E-state index is 0.0599. The van der Waals surface area contributed by atoms with Gasteiger partial charge in [0.2, 0.25) is 0 Å². The zero-order valence-electron chi connectivity index (χ0n) is 10.7. The van der Waals surface area contributed by atoms with Gasteiger partial charge in [-0.3, -0.25) is 0 Å². The van der Waals surface area contributed by atoms with Gasteiger partial charge < -0.3 is 10.5 Å². The molecule has 2 N–H and O–H groups in total. The fourth-order valence-corrected chi connectivity index (χ4v) is 2.33. The van der Waals surface area contributed by atoms with Crippen LogP contribution in [0.3, 0.4) is 0 Å². The molecule has 4 heteroatoms. The fraction of sp³-hybridized carbons (Fsp3) is 0.357. The summed E-state index contributed by atoms with van der Waals surface area (Å²) < 4.78 is 5.69. The number of nitrogens with zero attached hydrogens (tertiary/aromatic N) is 1. The predicted molar refractivity (Wildman–Crippen MR) is 74.9 cm³/mol. The molecule has 0 spiro atoms. The van der Waals surface area contributed by atoms with Gasteiger partial charge in [-0.15, -0.1) is 11.3 Å². The summed E-state index contributed by atoms with van der Waals surface area (Å²) in [4.78, 5) is 4.46.